The topological polar surface area (TPSA) is 87.5 Å². The van der Waals surface area contributed by atoms with Crippen LogP contribution < -0.4 is 0 Å². The van der Waals surface area contributed by atoms with Crippen LogP contribution in [0.15, 0.2) is 24.4 Å². The van der Waals surface area contributed by atoms with Gasteiger partial charge in [-0.05, 0) is 6.07 Å². The van der Waals surface area contributed by atoms with Crippen LogP contribution in [0.5, 0.6) is 0 Å². The van der Waals surface area contributed by atoms with Crippen LogP contribution in [0.4, 0.5) is 0 Å². The van der Waals surface area contributed by atoms with E-state index in [1.165, 1.54) is 18.3 Å². The lowest BCUT2D eigenvalue weighted by molar-refractivity contribution is -0.135. The molecule has 0 fully saturated rings. The van der Waals surface area contributed by atoms with Gasteiger partial charge in [-0.15, -0.1) is 0 Å². The van der Waals surface area contributed by atoms with Gasteiger partial charge in [0.2, 0.25) is 0 Å². The first-order valence-corrected chi connectivity index (χ1v) is 4.18. The molecule has 1 aromatic heterocycles. The molecular weight excluding hydrogens is 198 g/mol. The monoisotopic (exact) mass is 207 g/mol. The van der Waals surface area contributed by atoms with Crippen molar-refractivity contribution in [3.8, 4) is 0 Å². The second-order valence-electron chi connectivity index (χ2n) is 2.75. The maximum absolute atomic E-state index is 10.7. The van der Waals surface area contributed by atoms with Gasteiger partial charge in [-0.25, -0.2) is 9.78 Å². The highest BCUT2D eigenvalue weighted by atomic mass is 16.4. The minimum atomic E-state index is -1.13. The summed E-state index contributed by atoms with van der Waals surface area (Å²) >= 11 is 0. The molecule has 0 aromatic carbocycles. The summed E-state index contributed by atoms with van der Waals surface area (Å²) in [5.41, 5.74) is 0.311. The number of carboxylic acid groups (broad SMARTS) is 2. The predicted octanol–water partition coefficient (Wildman–Crippen LogP) is 1.27. The fourth-order valence-corrected chi connectivity index (χ4v) is 1.02. The molecule has 0 bridgehead atoms. The van der Waals surface area contributed by atoms with Crippen molar-refractivity contribution >= 4 is 18.0 Å². The Morgan fingerprint density at radius 2 is 2.13 bits per heavy atom. The number of aliphatic carboxylic acids is 1. The second-order valence-corrected chi connectivity index (χ2v) is 2.75. The van der Waals surface area contributed by atoms with Gasteiger partial charge in [0.25, 0.3) is 0 Å². The molecule has 0 aliphatic heterocycles. The first kappa shape index (κ1) is 10.9. The van der Waals surface area contributed by atoms with Crippen molar-refractivity contribution in [1.82, 2.24) is 4.98 Å². The number of pyridine rings is 1. The smallest absolute Gasteiger partial charge is 0.355 e. The average Bonchev–Trinajstić information content (AvgIpc) is 2.17. The van der Waals surface area contributed by atoms with Gasteiger partial charge in [0, 0.05) is 11.8 Å². The molecule has 1 aromatic rings. The third-order valence-electron chi connectivity index (χ3n) is 1.63. The zero-order valence-electron chi connectivity index (χ0n) is 7.75. The van der Waals surface area contributed by atoms with Crippen molar-refractivity contribution in [3.05, 3.63) is 35.7 Å². The molecule has 0 unspecified atom stereocenters. The van der Waals surface area contributed by atoms with Crippen molar-refractivity contribution in [2.75, 3.05) is 0 Å². The fourth-order valence-electron chi connectivity index (χ4n) is 1.02. The molecule has 0 radical (unpaired) electrons. The van der Waals surface area contributed by atoms with Gasteiger partial charge in [0.15, 0.2) is 5.69 Å². The minimum Gasteiger partial charge on any atom is -0.481 e. The van der Waals surface area contributed by atoms with E-state index in [1.807, 2.05) is 0 Å². The third kappa shape index (κ3) is 3.22. The van der Waals surface area contributed by atoms with Gasteiger partial charge in [-0.2, -0.15) is 0 Å². The molecule has 15 heavy (non-hydrogen) atoms. The number of aromatic nitrogens is 1. The first-order valence-electron chi connectivity index (χ1n) is 4.18. The predicted molar refractivity (Wildman–Crippen MR) is 52.5 cm³/mol. The highest BCUT2D eigenvalue weighted by molar-refractivity contribution is 5.89. The number of aromatic carboxylic acids is 1. The van der Waals surface area contributed by atoms with E-state index >= 15 is 0 Å². The highest BCUT2D eigenvalue weighted by Gasteiger charge is 2.07. The van der Waals surface area contributed by atoms with Gasteiger partial charge >= 0.3 is 11.9 Å². The van der Waals surface area contributed by atoms with Crippen LogP contribution in [0, 0.1) is 0 Å². The van der Waals surface area contributed by atoms with Gasteiger partial charge < -0.3 is 10.2 Å². The highest BCUT2D eigenvalue weighted by Crippen LogP contribution is 2.07. The molecule has 0 aliphatic carbocycles. The Morgan fingerprint density at radius 1 is 1.40 bits per heavy atom. The van der Waals surface area contributed by atoms with E-state index < -0.39 is 11.9 Å². The number of rotatable bonds is 4. The number of carboxylic acids is 2. The fraction of sp³-hybridized carbons (Fsp3) is 0.100. The Kier molecular flexibility index (Phi) is 3.56. The van der Waals surface area contributed by atoms with E-state index in [-0.39, 0.29) is 12.1 Å². The van der Waals surface area contributed by atoms with E-state index in [9.17, 15) is 9.59 Å². The molecule has 0 saturated heterocycles. The summed E-state index contributed by atoms with van der Waals surface area (Å²) in [4.78, 5) is 24.6. The molecule has 0 saturated carbocycles. The normalized spacial score (nSPS) is 10.4. The standard InChI is InChI=1S/C10H9NO4/c12-8(13)5-1-3-7-4-2-6-11-9(7)10(14)15/h1-4,6H,5H2,(H,12,13)(H,14,15). The van der Waals surface area contributed by atoms with E-state index in [4.69, 9.17) is 10.2 Å². The largest absolute Gasteiger partial charge is 0.481 e. The van der Waals surface area contributed by atoms with Crippen LogP contribution in [0.25, 0.3) is 6.08 Å². The molecule has 0 aliphatic rings. The number of nitrogens with zero attached hydrogens (tertiary/aromatic N) is 1. The lowest BCUT2D eigenvalue weighted by Gasteiger charge is -1.97. The third-order valence-corrected chi connectivity index (χ3v) is 1.63. The van der Waals surface area contributed by atoms with Crippen LogP contribution in [-0.2, 0) is 4.79 Å². The van der Waals surface area contributed by atoms with Crippen molar-refractivity contribution < 1.29 is 19.8 Å². The Hall–Kier alpha value is -2.17. The van der Waals surface area contributed by atoms with E-state index in [1.54, 1.807) is 12.1 Å². The summed E-state index contributed by atoms with van der Waals surface area (Å²) in [5, 5.41) is 17.1. The summed E-state index contributed by atoms with van der Waals surface area (Å²) < 4.78 is 0. The van der Waals surface area contributed by atoms with Crippen LogP contribution in [-0.4, -0.2) is 27.1 Å². The Balaban J connectivity index is 2.89. The molecule has 2 N–H and O–H groups in total. The summed E-state index contributed by atoms with van der Waals surface area (Å²) in [7, 11) is 0. The lowest BCUT2D eigenvalue weighted by Crippen LogP contribution is -2.02. The van der Waals surface area contributed by atoms with Gasteiger partial charge in [-0.1, -0.05) is 18.2 Å². The van der Waals surface area contributed by atoms with Crippen LogP contribution in [0.3, 0.4) is 0 Å². The molecule has 0 amide bonds. The van der Waals surface area contributed by atoms with E-state index in [0.29, 0.717) is 5.56 Å². The Morgan fingerprint density at radius 3 is 2.73 bits per heavy atom. The quantitative estimate of drug-likeness (QED) is 0.776. The number of carbonyl (C=O) groups is 2. The zero-order valence-corrected chi connectivity index (χ0v) is 7.75. The van der Waals surface area contributed by atoms with Gasteiger partial charge in [0.1, 0.15) is 0 Å². The molecule has 0 atom stereocenters. The Labute approximate surface area is 85.7 Å². The molecule has 78 valence electrons. The molecule has 5 heteroatoms. The summed E-state index contributed by atoms with van der Waals surface area (Å²) in [5.74, 6) is -2.10. The van der Waals surface area contributed by atoms with Crippen molar-refractivity contribution in [3.63, 3.8) is 0 Å². The van der Waals surface area contributed by atoms with Crippen molar-refractivity contribution in [2.45, 2.75) is 6.42 Å². The average molecular weight is 207 g/mol. The zero-order chi connectivity index (χ0) is 11.3. The molecule has 0 spiro atoms. The number of hydrogen-bond donors (Lipinski definition) is 2. The number of hydrogen-bond acceptors (Lipinski definition) is 3. The van der Waals surface area contributed by atoms with E-state index in [0.717, 1.165) is 0 Å². The molecule has 5 nitrogen and oxygen atoms in total. The second kappa shape index (κ2) is 4.90. The minimum absolute atomic E-state index is 0.0841. The SMILES string of the molecule is O=C(O)CC=Cc1cccnc1C(=O)O. The van der Waals surface area contributed by atoms with Crippen LogP contribution >= 0.6 is 0 Å². The summed E-state index contributed by atoms with van der Waals surface area (Å²) in [6.07, 6.45) is 4.04. The maximum atomic E-state index is 10.7. The summed E-state index contributed by atoms with van der Waals surface area (Å²) in [6.45, 7) is 0. The van der Waals surface area contributed by atoms with Crippen LogP contribution in [0.2, 0.25) is 0 Å². The first-order chi connectivity index (χ1) is 7.11. The van der Waals surface area contributed by atoms with Crippen molar-refractivity contribution in [2.24, 2.45) is 0 Å². The van der Waals surface area contributed by atoms with Gasteiger partial charge in [-0.3, -0.25) is 4.79 Å². The van der Waals surface area contributed by atoms with E-state index in [2.05, 4.69) is 4.98 Å². The molecule has 1 rings (SSSR count). The van der Waals surface area contributed by atoms with Crippen molar-refractivity contribution in [1.29, 1.82) is 0 Å². The maximum Gasteiger partial charge on any atom is 0.355 e. The lowest BCUT2D eigenvalue weighted by atomic mass is 10.1. The van der Waals surface area contributed by atoms with Crippen LogP contribution in [0.1, 0.15) is 22.5 Å². The molecule has 1 heterocycles. The van der Waals surface area contributed by atoms with Gasteiger partial charge in [0.05, 0.1) is 6.42 Å². The molecular formula is C10H9NO4. The summed E-state index contributed by atoms with van der Waals surface area (Å²) in [6, 6.07) is 3.15. The Bertz CT molecular complexity index is 412.